The van der Waals surface area contributed by atoms with Gasteiger partial charge in [0, 0.05) is 6.42 Å². The SMILES string of the molecule is CC1O[C@H](O)[C@@H](O)C[C@@H]1O. The lowest BCUT2D eigenvalue weighted by atomic mass is 10.0. The first-order chi connectivity index (χ1) is 4.61. The normalized spacial score (nSPS) is 49.2. The molecule has 1 rings (SSSR count). The Balaban J connectivity index is 2.46. The smallest absolute Gasteiger partial charge is 0.181 e. The van der Waals surface area contributed by atoms with Crippen molar-refractivity contribution in [2.45, 2.75) is 37.9 Å². The highest BCUT2D eigenvalue weighted by atomic mass is 16.6. The zero-order chi connectivity index (χ0) is 7.72. The molecule has 0 aliphatic carbocycles. The van der Waals surface area contributed by atoms with E-state index in [1.54, 1.807) is 6.92 Å². The number of ether oxygens (including phenoxy) is 1. The molecule has 0 saturated carbocycles. The molecule has 4 heteroatoms. The Bertz CT molecular complexity index is 90.3. The van der Waals surface area contributed by atoms with Crippen LogP contribution < -0.4 is 0 Å². The molecule has 1 aliphatic heterocycles. The van der Waals surface area contributed by atoms with Crippen LogP contribution in [0.1, 0.15) is 13.3 Å². The van der Waals surface area contributed by atoms with Crippen molar-refractivity contribution in [3.63, 3.8) is 0 Å². The van der Waals surface area contributed by atoms with E-state index in [9.17, 15) is 0 Å². The highest BCUT2D eigenvalue weighted by molar-refractivity contribution is 4.76. The Labute approximate surface area is 59.1 Å². The molecule has 0 aromatic carbocycles. The fourth-order valence-electron chi connectivity index (χ4n) is 0.957. The van der Waals surface area contributed by atoms with Gasteiger partial charge < -0.3 is 20.1 Å². The van der Waals surface area contributed by atoms with Crippen LogP contribution >= 0.6 is 0 Å². The summed E-state index contributed by atoms with van der Waals surface area (Å²) in [5.74, 6) is 0. The molecule has 1 aliphatic rings. The molecule has 1 heterocycles. The maximum absolute atomic E-state index is 9.07. The quantitative estimate of drug-likeness (QED) is 0.405. The number of aliphatic hydroxyl groups excluding tert-OH is 3. The largest absolute Gasteiger partial charge is 0.390 e. The molecule has 1 unspecified atom stereocenters. The Hall–Kier alpha value is -0.160. The van der Waals surface area contributed by atoms with Gasteiger partial charge in [-0.05, 0) is 6.92 Å². The highest BCUT2D eigenvalue weighted by Gasteiger charge is 2.32. The molecule has 0 aromatic rings. The fourth-order valence-corrected chi connectivity index (χ4v) is 0.957. The number of aliphatic hydroxyl groups is 3. The van der Waals surface area contributed by atoms with Crippen LogP contribution in [0, 0.1) is 0 Å². The van der Waals surface area contributed by atoms with Crippen LogP contribution in [0.15, 0.2) is 0 Å². The summed E-state index contributed by atoms with van der Waals surface area (Å²) in [6.07, 6.45) is -2.97. The third-order valence-electron chi connectivity index (χ3n) is 1.71. The standard InChI is InChI=1S/C6H12O4/c1-3-4(7)2-5(8)6(9)10-3/h3-9H,2H2,1H3/t3?,4-,5-,6-/m0/s1. The van der Waals surface area contributed by atoms with E-state index >= 15 is 0 Å². The van der Waals surface area contributed by atoms with Gasteiger partial charge in [-0.25, -0.2) is 0 Å². The van der Waals surface area contributed by atoms with Gasteiger partial charge in [0.15, 0.2) is 6.29 Å². The van der Waals surface area contributed by atoms with E-state index in [1.807, 2.05) is 0 Å². The summed E-state index contributed by atoms with van der Waals surface area (Å²) in [5.41, 5.74) is 0. The molecular formula is C6H12O4. The molecular weight excluding hydrogens is 136 g/mol. The zero-order valence-corrected chi connectivity index (χ0v) is 5.77. The van der Waals surface area contributed by atoms with E-state index in [4.69, 9.17) is 20.1 Å². The molecule has 0 aromatic heterocycles. The second-order valence-corrected chi connectivity index (χ2v) is 2.60. The predicted molar refractivity (Wildman–Crippen MR) is 33.2 cm³/mol. The van der Waals surface area contributed by atoms with E-state index in [1.165, 1.54) is 0 Å². The monoisotopic (exact) mass is 148 g/mol. The lowest BCUT2D eigenvalue weighted by Gasteiger charge is -2.32. The summed E-state index contributed by atoms with van der Waals surface area (Å²) >= 11 is 0. The van der Waals surface area contributed by atoms with E-state index in [0.717, 1.165) is 0 Å². The second-order valence-electron chi connectivity index (χ2n) is 2.60. The van der Waals surface area contributed by atoms with Crippen molar-refractivity contribution in [3.05, 3.63) is 0 Å². The van der Waals surface area contributed by atoms with Gasteiger partial charge in [0.1, 0.15) is 6.10 Å². The summed E-state index contributed by atoms with van der Waals surface area (Å²) < 4.78 is 4.77. The van der Waals surface area contributed by atoms with Crippen molar-refractivity contribution in [2.75, 3.05) is 0 Å². The van der Waals surface area contributed by atoms with E-state index < -0.39 is 24.6 Å². The van der Waals surface area contributed by atoms with Gasteiger partial charge in [0.25, 0.3) is 0 Å². The van der Waals surface area contributed by atoms with Crippen molar-refractivity contribution in [2.24, 2.45) is 0 Å². The minimum absolute atomic E-state index is 0.183. The highest BCUT2D eigenvalue weighted by Crippen LogP contribution is 2.17. The Morgan fingerprint density at radius 2 is 1.80 bits per heavy atom. The summed E-state index contributed by atoms with van der Waals surface area (Å²) in [4.78, 5) is 0. The molecule has 0 amide bonds. The molecule has 0 radical (unpaired) electrons. The van der Waals surface area contributed by atoms with Crippen molar-refractivity contribution in [1.82, 2.24) is 0 Å². The van der Waals surface area contributed by atoms with Crippen LogP contribution in [0.3, 0.4) is 0 Å². The maximum atomic E-state index is 9.07. The van der Waals surface area contributed by atoms with Gasteiger partial charge in [-0.2, -0.15) is 0 Å². The first kappa shape index (κ1) is 7.94. The second kappa shape index (κ2) is 2.84. The van der Waals surface area contributed by atoms with Crippen molar-refractivity contribution in [1.29, 1.82) is 0 Å². The lowest BCUT2D eigenvalue weighted by Crippen LogP contribution is -2.45. The van der Waals surface area contributed by atoms with E-state index in [0.29, 0.717) is 0 Å². The average Bonchev–Trinajstić information content (AvgIpc) is 1.84. The summed E-state index contributed by atoms with van der Waals surface area (Å²) in [6.45, 7) is 1.65. The third kappa shape index (κ3) is 1.46. The number of hydrogen-bond donors (Lipinski definition) is 3. The van der Waals surface area contributed by atoms with Crippen LogP contribution in [-0.4, -0.2) is 39.9 Å². The van der Waals surface area contributed by atoms with Crippen LogP contribution in [0.4, 0.5) is 0 Å². The van der Waals surface area contributed by atoms with Gasteiger partial charge in [-0.1, -0.05) is 0 Å². The van der Waals surface area contributed by atoms with Crippen LogP contribution in [-0.2, 0) is 4.74 Å². The zero-order valence-electron chi connectivity index (χ0n) is 5.77. The minimum Gasteiger partial charge on any atom is -0.390 e. The Morgan fingerprint density at radius 1 is 1.20 bits per heavy atom. The first-order valence-electron chi connectivity index (χ1n) is 3.31. The molecule has 1 saturated heterocycles. The van der Waals surface area contributed by atoms with Gasteiger partial charge in [0.05, 0.1) is 12.2 Å². The third-order valence-corrected chi connectivity index (χ3v) is 1.71. The first-order valence-corrected chi connectivity index (χ1v) is 3.31. The molecule has 4 nitrogen and oxygen atoms in total. The molecule has 60 valence electrons. The van der Waals surface area contributed by atoms with Gasteiger partial charge >= 0.3 is 0 Å². The molecule has 0 spiro atoms. The molecule has 1 fully saturated rings. The topological polar surface area (TPSA) is 69.9 Å². The van der Waals surface area contributed by atoms with Crippen molar-refractivity contribution in [3.8, 4) is 0 Å². The maximum Gasteiger partial charge on any atom is 0.181 e. The fraction of sp³-hybridized carbons (Fsp3) is 1.00. The molecule has 3 N–H and O–H groups in total. The van der Waals surface area contributed by atoms with Gasteiger partial charge in [-0.3, -0.25) is 0 Å². The average molecular weight is 148 g/mol. The van der Waals surface area contributed by atoms with Gasteiger partial charge in [0.2, 0.25) is 0 Å². The predicted octanol–water partition coefficient (Wildman–Crippen LogP) is -1.16. The minimum atomic E-state index is -1.14. The number of hydrogen-bond acceptors (Lipinski definition) is 4. The molecule has 10 heavy (non-hydrogen) atoms. The summed E-state index contributed by atoms with van der Waals surface area (Å²) in [7, 11) is 0. The molecule has 0 bridgehead atoms. The van der Waals surface area contributed by atoms with E-state index in [-0.39, 0.29) is 6.42 Å². The van der Waals surface area contributed by atoms with Crippen molar-refractivity contribution >= 4 is 0 Å². The van der Waals surface area contributed by atoms with Crippen LogP contribution in [0.2, 0.25) is 0 Å². The molecule has 4 atom stereocenters. The summed E-state index contributed by atoms with van der Waals surface area (Å²) in [5, 5.41) is 26.9. The Kier molecular flexibility index (Phi) is 2.25. The Morgan fingerprint density at radius 3 is 2.30 bits per heavy atom. The number of rotatable bonds is 0. The van der Waals surface area contributed by atoms with Gasteiger partial charge in [-0.15, -0.1) is 0 Å². The summed E-state index contributed by atoms with van der Waals surface area (Å²) in [6, 6.07) is 0. The van der Waals surface area contributed by atoms with Crippen LogP contribution in [0.5, 0.6) is 0 Å². The van der Waals surface area contributed by atoms with Crippen molar-refractivity contribution < 1.29 is 20.1 Å². The van der Waals surface area contributed by atoms with Crippen LogP contribution in [0.25, 0.3) is 0 Å². The van der Waals surface area contributed by atoms with E-state index in [2.05, 4.69) is 0 Å². The lowest BCUT2D eigenvalue weighted by molar-refractivity contribution is -0.240.